The summed E-state index contributed by atoms with van der Waals surface area (Å²) in [5, 5.41) is 18.0. The van der Waals surface area contributed by atoms with Crippen molar-refractivity contribution in [1.82, 2.24) is 4.98 Å². The van der Waals surface area contributed by atoms with Crippen LogP contribution in [0.25, 0.3) is 0 Å². The van der Waals surface area contributed by atoms with Gasteiger partial charge in [-0.3, -0.25) is 0 Å². The molecule has 14 heavy (non-hydrogen) atoms. The van der Waals surface area contributed by atoms with E-state index >= 15 is 0 Å². The molecule has 1 aromatic heterocycles. The zero-order valence-electron chi connectivity index (χ0n) is 8.43. The Labute approximate surface area is 83.1 Å². The van der Waals surface area contributed by atoms with E-state index < -0.39 is 7.12 Å². The molecule has 0 aromatic carbocycles. The number of hydrogen-bond donors (Lipinski definition) is 2. The van der Waals surface area contributed by atoms with E-state index in [2.05, 4.69) is 4.98 Å². The highest BCUT2D eigenvalue weighted by Gasteiger charge is 2.18. The van der Waals surface area contributed by atoms with E-state index in [0.717, 1.165) is 0 Å². The first kappa shape index (κ1) is 10.8. The fourth-order valence-electron chi connectivity index (χ4n) is 1.05. The third-order valence-corrected chi connectivity index (χ3v) is 1.84. The lowest BCUT2D eigenvalue weighted by molar-refractivity contribution is 0.402. The van der Waals surface area contributed by atoms with Crippen molar-refractivity contribution in [2.24, 2.45) is 0 Å². The number of hydrogen-bond acceptors (Lipinski definition) is 5. The number of methoxy groups -OCH3 is 1. The zero-order valence-corrected chi connectivity index (χ0v) is 8.43. The maximum absolute atomic E-state index is 8.99. The first-order chi connectivity index (χ1) is 6.56. The van der Waals surface area contributed by atoms with Gasteiger partial charge in [-0.1, -0.05) is 0 Å². The molecule has 0 amide bonds. The Balaban J connectivity index is 3.11. The first-order valence-corrected chi connectivity index (χ1v) is 4.13. The third-order valence-electron chi connectivity index (χ3n) is 1.84. The number of pyridine rings is 1. The molecule has 0 bridgehead atoms. The highest BCUT2D eigenvalue weighted by molar-refractivity contribution is 6.59. The predicted molar refractivity (Wildman–Crippen MR) is 54.9 cm³/mol. The smallest absolute Gasteiger partial charge is 0.493 e. The fourth-order valence-corrected chi connectivity index (χ4v) is 1.05. The molecule has 0 saturated carbocycles. The largest absolute Gasteiger partial charge is 0.497 e. The number of rotatable bonds is 3. The van der Waals surface area contributed by atoms with Gasteiger partial charge < -0.3 is 19.7 Å². The Morgan fingerprint density at radius 3 is 2.50 bits per heavy atom. The highest BCUT2D eigenvalue weighted by Crippen LogP contribution is 2.14. The van der Waals surface area contributed by atoms with E-state index in [0.29, 0.717) is 11.6 Å². The van der Waals surface area contributed by atoms with Gasteiger partial charge in [-0.05, 0) is 0 Å². The summed E-state index contributed by atoms with van der Waals surface area (Å²) < 4.78 is 5.01. The molecular weight excluding hydrogens is 183 g/mol. The lowest BCUT2D eigenvalue weighted by Crippen LogP contribution is -2.32. The lowest BCUT2D eigenvalue weighted by Gasteiger charge is -2.14. The summed E-state index contributed by atoms with van der Waals surface area (Å²) in [6.45, 7) is 0. The van der Waals surface area contributed by atoms with Gasteiger partial charge in [0.2, 0.25) is 0 Å². The Morgan fingerprint density at radius 2 is 2.07 bits per heavy atom. The minimum Gasteiger partial charge on any atom is -0.497 e. The number of aromatic nitrogens is 1. The van der Waals surface area contributed by atoms with Crippen molar-refractivity contribution in [3.05, 3.63) is 12.3 Å². The molecule has 0 fully saturated rings. The van der Waals surface area contributed by atoms with Crippen LogP contribution in [0.15, 0.2) is 12.3 Å². The molecule has 6 heteroatoms. The maximum atomic E-state index is 8.99. The van der Waals surface area contributed by atoms with Gasteiger partial charge in [0, 0.05) is 31.8 Å². The number of nitrogens with zero attached hydrogens (tertiary/aromatic N) is 2. The molecule has 0 atom stereocenters. The molecule has 0 saturated heterocycles. The van der Waals surface area contributed by atoms with Gasteiger partial charge in [0.05, 0.1) is 7.11 Å². The number of anilines is 1. The van der Waals surface area contributed by atoms with Crippen LogP contribution in [0.2, 0.25) is 0 Å². The van der Waals surface area contributed by atoms with Crippen LogP contribution in [-0.4, -0.2) is 43.4 Å². The minimum absolute atomic E-state index is 0.262. The Hall–Kier alpha value is -1.27. The van der Waals surface area contributed by atoms with E-state index in [4.69, 9.17) is 14.8 Å². The summed E-state index contributed by atoms with van der Waals surface area (Å²) >= 11 is 0. The van der Waals surface area contributed by atoms with Gasteiger partial charge in [0.15, 0.2) is 0 Å². The van der Waals surface area contributed by atoms with Crippen molar-refractivity contribution in [2.75, 3.05) is 26.1 Å². The topological polar surface area (TPSA) is 65.8 Å². The van der Waals surface area contributed by atoms with Crippen molar-refractivity contribution in [1.29, 1.82) is 0 Å². The Bertz CT molecular complexity index is 317. The van der Waals surface area contributed by atoms with E-state index in [1.165, 1.54) is 13.3 Å². The standard InChI is InChI=1S/C8H13BN2O3/c1-11(2)8-4-7(14-3)6(5-10-8)9(12)13/h4-5,12-13H,1-3H3. The molecule has 2 N–H and O–H groups in total. The quantitative estimate of drug-likeness (QED) is 0.596. The van der Waals surface area contributed by atoms with Gasteiger partial charge in [0.25, 0.3) is 0 Å². The normalized spacial score (nSPS) is 9.79. The monoisotopic (exact) mass is 196 g/mol. The molecule has 0 unspecified atom stereocenters. The third kappa shape index (κ3) is 2.15. The molecular formula is C8H13BN2O3. The lowest BCUT2D eigenvalue weighted by atomic mass is 9.81. The maximum Gasteiger partial charge on any atom is 0.493 e. The summed E-state index contributed by atoms with van der Waals surface area (Å²) in [6.07, 6.45) is 1.39. The average molecular weight is 196 g/mol. The van der Waals surface area contributed by atoms with Crippen LogP contribution < -0.4 is 15.1 Å². The van der Waals surface area contributed by atoms with Gasteiger partial charge in [-0.2, -0.15) is 0 Å². The molecule has 1 heterocycles. The second-order valence-electron chi connectivity index (χ2n) is 3.05. The van der Waals surface area contributed by atoms with Crippen LogP contribution in [0.3, 0.4) is 0 Å². The van der Waals surface area contributed by atoms with E-state index in [1.54, 1.807) is 11.0 Å². The van der Waals surface area contributed by atoms with Crippen molar-refractivity contribution in [3.8, 4) is 5.75 Å². The van der Waals surface area contributed by atoms with Crippen molar-refractivity contribution >= 4 is 18.4 Å². The van der Waals surface area contributed by atoms with Crippen molar-refractivity contribution in [2.45, 2.75) is 0 Å². The highest BCUT2D eigenvalue weighted by atomic mass is 16.5. The van der Waals surface area contributed by atoms with Crippen LogP contribution in [-0.2, 0) is 0 Å². The van der Waals surface area contributed by atoms with Crippen LogP contribution in [0.1, 0.15) is 0 Å². The second kappa shape index (κ2) is 4.30. The number of ether oxygens (including phenoxy) is 1. The molecule has 1 aromatic rings. The van der Waals surface area contributed by atoms with E-state index in [9.17, 15) is 0 Å². The first-order valence-electron chi connectivity index (χ1n) is 4.13. The summed E-state index contributed by atoms with van der Waals surface area (Å²) in [6, 6.07) is 1.65. The van der Waals surface area contributed by atoms with Crippen LogP contribution >= 0.6 is 0 Å². The summed E-state index contributed by atoms with van der Waals surface area (Å²) in [5.41, 5.74) is 0.262. The molecule has 0 spiro atoms. The van der Waals surface area contributed by atoms with Gasteiger partial charge in [0.1, 0.15) is 11.6 Å². The van der Waals surface area contributed by atoms with Gasteiger partial charge in [-0.15, -0.1) is 0 Å². The summed E-state index contributed by atoms with van der Waals surface area (Å²) in [7, 11) is 3.60. The molecule has 76 valence electrons. The van der Waals surface area contributed by atoms with Crippen LogP contribution in [0.5, 0.6) is 5.75 Å². The zero-order chi connectivity index (χ0) is 10.7. The van der Waals surface area contributed by atoms with Crippen molar-refractivity contribution < 1.29 is 14.8 Å². The fraction of sp³-hybridized carbons (Fsp3) is 0.375. The minimum atomic E-state index is -1.56. The van der Waals surface area contributed by atoms with E-state index in [-0.39, 0.29) is 5.46 Å². The molecule has 0 radical (unpaired) electrons. The SMILES string of the molecule is COc1cc(N(C)C)ncc1B(O)O. The Kier molecular flexibility index (Phi) is 3.32. The molecule has 0 aliphatic carbocycles. The second-order valence-corrected chi connectivity index (χ2v) is 3.05. The summed E-state index contributed by atoms with van der Waals surface area (Å²) in [4.78, 5) is 5.84. The molecule has 0 aliphatic rings. The van der Waals surface area contributed by atoms with Crippen LogP contribution in [0.4, 0.5) is 5.82 Å². The van der Waals surface area contributed by atoms with E-state index in [1.807, 2.05) is 14.1 Å². The Morgan fingerprint density at radius 1 is 1.43 bits per heavy atom. The molecule has 5 nitrogen and oxygen atoms in total. The molecule has 0 aliphatic heterocycles. The summed E-state index contributed by atoms with van der Waals surface area (Å²) in [5.74, 6) is 1.12. The molecule has 1 rings (SSSR count). The van der Waals surface area contributed by atoms with Gasteiger partial charge >= 0.3 is 7.12 Å². The van der Waals surface area contributed by atoms with Gasteiger partial charge in [-0.25, -0.2) is 4.98 Å². The van der Waals surface area contributed by atoms with Crippen LogP contribution in [0, 0.1) is 0 Å². The average Bonchev–Trinajstić information content (AvgIpc) is 2.16. The predicted octanol–water partition coefficient (Wildman–Crippen LogP) is -1.16. The van der Waals surface area contributed by atoms with Crippen molar-refractivity contribution in [3.63, 3.8) is 0 Å².